The van der Waals surface area contributed by atoms with Gasteiger partial charge in [-0.3, -0.25) is 4.79 Å². The van der Waals surface area contributed by atoms with Gasteiger partial charge in [-0.05, 0) is 48.4 Å². The van der Waals surface area contributed by atoms with E-state index < -0.39 is 0 Å². The van der Waals surface area contributed by atoms with Crippen LogP contribution < -0.4 is 10.1 Å². The lowest BCUT2D eigenvalue weighted by Crippen LogP contribution is -2.25. The van der Waals surface area contributed by atoms with Crippen LogP contribution in [0.1, 0.15) is 15.9 Å². The number of carbonyl (C=O) groups is 1. The summed E-state index contributed by atoms with van der Waals surface area (Å²) in [6, 6.07) is 12.9. The number of nitrogens with one attached hydrogen (secondary N) is 1. The molecule has 22 heavy (non-hydrogen) atoms. The molecule has 0 aliphatic rings. The maximum atomic E-state index is 12.0. The third-order valence-electron chi connectivity index (χ3n) is 3.45. The number of rotatable bonds is 5. The Morgan fingerprint density at radius 2 is 2.05 bits per heavy atom. The highest BCUT2D eigenvalue weighted by Crippen LogP contribution is 2.14. The Hall–Kier alpha value is -2.82. The van der Waals surface area contributed by atoms with Gasteiger partial charge in [0, 0.05) is 12.1 Å². The molecule has 0 radical (unpaired) electrons. The van der Waals surface area contributed by atoms with Gasteiger partial charge in [0.2, 0.25) is 0 Å². The van der Waals surface area contributed by atoms with E-state index in [1.165, 1.54) is 6.39 Å². The normalized spacial score (nSPS) is 10.6. The van der Waals surface area contributed by atoms with Crippen LogP contribution in [0.2, 0.25) is 0 Å². The molecule has 0 atom stereocenters. The first-order valence-corrected chi connectivity index (χ1v) is 7.00. The van der Waals surface area contributed by atoms with Crippen LogP contribution in [-0.4, -0.2) is 24.5 Å². The molecule has 0 saturated heterocycles. The molecule has 112 valence electrons. The number of ether oxygens (including phenoxy) is 1. The van der Waals surface area contributed by atoms with Gasteiger partial charge in [0.1, 0.15) is 11.3 Å². The standard InChI is InChI=1S/C17H16N2O3/c1-21-14-5-3-13(4-6-14)17(20)18-9-8-12-2-7-15-16(10-12)22-11-19-15/h2-7,10-11H,8-9H2,1H3,(H,18,20). The zero-order valence-corrected chi connectivity index (χ0v) is 12.2. The molecule has 0 aliphatic carbocycles. The fourth-order valence-corrected chi connectivity index (χ4v) is 2.22. The van der Waals surface area contributed by atoms with Crippen molar-refractivity contribution in [1.82, 2.24) is 10.3 Å². The number of hydrogen-bond donors (Lipinski definition) is 1. The van der Waals surface area contributed by atoms with E-state index in [-0.39, 0.29) is 5.91 Å². The maximum Gasteiger partial charge on any atom is 0.251 e. The van der Waals surface area contributed by atoms with Gasteiger partial charge in [0.25, 0.3) is 5.91 Å². The lowest BCUT2D eigenvalue weighted by molar-refractivity contribution is 0.0954. The van der Waals surface area contributed by atoms with Crippen molar-refractivity contribution in [2.24, 2.45) is 0 Å². The Morgan fingerprint density at radius 3 is 2.82 bits per heavy atom. The number of nitrogens with zero attached hydrogens (tertiary/aromatic N) is 1. The van der Waals surface area contributed by atoms with E-state index in [0.29, 0.717) is 12.1 Å². The number of methoxy groups -OCH3 is 1. The average Bonchev–Trinajstić information content (AvgIpc) is 3.02. The summed E-state index contributed by atoms with van der Waals surface area (Å²) < 4.78 is 10.3. The largest absolute Gasteiger partial charge is 0.497 e. The second kappa shape index (κ2) is 6.30. The summed E-state index contributed by atoms with van der Waals surface area (Å²) in [5.74, 6) is 0.639. The van der Waals surface area contributed by atoms with E-state index in [4.69, 9.17) is 9.15 Å². The second-order valence-electron chi connectivity index (χ2n) is 4.89. The van der Waals surface area contributed by atoms with Gasteiger partial charge in [-0.2, -0.15) is 0 Å². The summed E-state index contributed by atoms with van der Waals surface area (Å²) in [7, 11) is 1.60. The molecule has 0 unspecified atom stereocenters. The predicted molar refractivity (Wildman–Crippen MR) is 83.0 cm³/mol. The number of carbonyl (C=O) groups excluding carboxylic acids is 1. The van der Waals surface area contributed by atoms with Gasteiger partial charge in [-0.1, -0.05) is 6.07 Å². The van der Waals surface area contributed by atoms with Crippen LogP contribution in [0.4, 0.5) is 0 Å². The van der Waals surface area contributed by atoms with Crippen molar-refractivity contribution in [2.45, 2.75) is 6.42 Å². The van der Waals surface area contributed by atoms with E-state index in [1.54, 1.807) is 31.4 Å². The van der Waals surface area contributed by atoms with Gasteiger partial charge in [0.15, 0.2) is 12.0 Å². The van der Waals surface area contributed by atoms with Crippen LogP contribution in [0, 0.1) is 0 Å². The highest BCUT2D eigenvalue weighted by Gasteiger charge is 2.05. The van der Waals surface area contributed by atoms with Crippen LogP contribution in [0.25, 0.3) is 11.1 Å². The number of benzene rings is 2. The van der Waals surface area contributed by atoms with Gasteiger partial charge < -0.3 is 14.5 Å². The van der Waals surface area contributed by atoms with E-state index in [2.05, 4.69) is 10.3 Å². The quantitative estimate of drug-likeness (QED) is 0.786. The molecule has 2 aromatic carbocycles. The van der Waals surface area contributed by atoms with Crippen molar-refractivity contribution < 1.29 is 13.9 Å². The minimum atomic E-state index is -0.0941. The monoisotopic (exact) mass is 296 g/mol. The molecule has 1 heterocycles. The first-order chi connectivity index (χ1) is 10.8. The Bertz CT molecular complexity index is 778. The fourth-order valence-electron chi connectivity index (χ4n) is 2.22. The zero-order chi connectivity index (χ0) is 15.4. The van der Waals surface area contributed by atoms with Gasteiger partial charge >= 0.3 is 0 Å². The molecular weight excluding hydrogens is 280 g/mol. The summed E-state index contributed by atoms with van der Waals surface area (Å²) in [5, 5.41) is 2.90. The molecule has 0 aliphatic heterocycles. The Morgan fingerprint density at radius 1 is 1.23 bits per heavy atom. The molecule has 3 aromatic rings. The van der Waals surface area contributed by atoms with Gasteiger partial charge in [0.05, 0.1) is 7.11 Å². The number of oxazole rings is 1. The highest BCUT2D eigenvalue weighted by molar-refractivity contribution is 5.94. The van der Waals surface area contributed by atoms with Crippen molar-refractivity contribution in [1.29, 1.82) is 0 Å². The average molecular weight is 296 g/mol. The Labute approximate surface area is 127 Å². The minimum absolute atomic E-state index is 0.0941. The molecule has 0 spiro atoms. The molecule has 1 aromatic heterocycles. The zero-order valence-electron chi connectivity index (χ0n) is 12.2. The first-order valence-electron chi connectivity index (χ1n) is 7.00. The lowest BCUT2D eigenvalue weighted by Gasteiger charge is -2.06. The van der Waals surface area contributed by atoms with Crippen LogP contribution in [-0.2, 0) is 6.42 Å². The predicted octanol–water partition coefficient (Wildman–Crippen LogP) is 2.81. The molecule has 0 bridgehead atoms. The smallest absolute Gasteiger partial charge is 0.251 e. The van der Waals surface area contributed by atoms with E-state index in [9.17, 15) is 4.79 Å². The number of hydrogen-bond acceptors (Lipinski definition) is 4. The van der Waals surface area contributed by atoms with Crippen molar-refractivity contribution in [3.63, 3.8) is 0 Å². The number of aromatic nitrogens is 1. The summed E-state index contributed by atoms with van der Waals surface area (Å²) in [5.41, 5.74) is 3.32. The number of fused-ring (bicyclic) bond motifs is 1. The molecule has 0 saturated carbocycles. The molecular formula is C17H16N2O3. The van der Waals surface area contributed by atoms with Crippen LogP contribution in [0.3, 0.4) is 0 Å². The lowest BCUT2D eigenvalue weighted by atomic mass is 10.1. The van der Waals surface area contributed by atoms with Crippen molar-refractivity contribution in [3.8, 4) is 5.75 Å². The van der Waals surface area contributed by atoms with E-state index >= 15 is 0 Å². The second-order valence-corrected chi connectivity index (χ2v) is 4.89. The van der Waals surface area contributed by atoms with Crippen LogP contribution in [0.5, 0.6) is 5.75 Å². The summed E-state index contributed by atoms with van der Waals surface area (Å²) in [6.45, 7) is 0.560. The minimum Gasteiger partial charge on any atom is -0.497 e. The first kappa shape index (κ1) is 14.1. The maximum absolute atomic E-state index is 12.0. The molecule has 3 rings (SSSR count). The van der Waals surface area contributed by atoms with E-state index in [0.717, 1.165) is 28.8 Å². The fraction of sp³-hybridized carbons (Fsp3) is 0.176. The van der Waals surface area contributed by atoms with Crippen molar-refractivity contribution >= 4 is 17.0 Å². The topological polar surface area (TPSA) is 64.4 Å². The van der Waals surface area contributed by atoms with Gasteiger partial charge in [-0.15, -0.1) is 0 Å². The highest BCUT2D eigenvalue weighted by atomic mass is 16.5. The summed E-state index contributed by atoms with van der Waals surface area (Å²) >= 11 is 0. The SMILES string of the molecule is COc1ccc(C(=O)NCCc2ccc3ncoc3c2)cc1. The molecule has 1 amide bonds. The Kier molecular flexibility index (Phi) is 4.05. The Balaban J connectivity index is 1.56. The third-order valence-corrected chi connectivity index (χ3v) is 3.45. The van der Waals surface area contributed by atoms with Crippen LogP contribution in [0.15, 0.2) is 53.3 Å². The van der Waals surface area contributed by atoms with Gasteiger partial charge in [-0.25, -0.2) is 4.98 Å². The summed E-state index contributed by atoms with van der Waals surface area (Å²) in [6.07, 6.45) is 2.17. The van der Waals surface area contributed by atoms with Crippen LogP contribution >= 0.6 is 0 Å². The van der Waals surface area contributed by atoms with E-state index in [1.807, 2.05) is 18.2 Å². The third kappa shape index (κ3) is 3.09. The molecule has 0 fully saturated rings. The van der Waals surface area contributed by atoms with Crippen molar-refractivity contribution in [2.75, 3.05) is 13.7 Å². The molecule has 5 nitrogen and oxygen atoms in total. The van der Waals surface area contributed by atoms with Crippen molar-refractivity contribution in [3.05, 3.63) is 60.0 Å². The molecule has 5 heteroatoms. The summed E-state index contributed by atoms with van der Waals surface area (Å²) in [4.78, 5) is 16.1. The molecule has 1 N–H and O–H groups in total. The number of amides is 1.